The highest BCUT2D eigenvalue weighted by molar-refractivity contribution is 5.59. The Morgan fingerprint density at radius 2 is 2.00 bits per heavy atom. The van der Waals surface area contributed by atoms with Crippen LogP contribution >= 0.6 is 0 Å². The maximum absolute atomic E-state index is 5.75. The SMILES string of the molecule is CC1CCCC(n2ccnc2-c2ccc(N)cc2)C1. The maximum atomic E-state index is 5.75. The smallest absolute Gasteiger partial charge is 0.140 e. The van der Waals surface area contributed by atoms with Crippen LogP contribution in [0.5, 0.6) is 0 Å². The number of hydrogen-bond donors (Lipinski definition) is 1. The first-order valence-electron chi connectivity index (χ1n) is 7.13. The molecule has 3 nitrogen and oxygen atoms in total. The number of benzene rings is 1. The van der Waals surface area contributed by atoms with Gasteiger partial charge >= 0.3 is 0 Å². The number of hydrogen-bond acceptors (Lipinski definition) is 2. The molecule has 2 atom stereocenters. The van der Waals surface area contributed by atoms with Crippen molar-refractivity contribution in [2.24, 2.45) is 5.92 Å². The van der Waals surface area contributed by atoms with E-state index >= 15 is 0 Å². The Balaban J connectivity index is 1.91. The molecule has 19 heavy (non-hydrogen) atoms. The third-order valence-electron chi connectivity index (χ3n) is 4.14. The molecule has 1 heterocycles. The second-order valence-corrected chi connectivity index (χ2v) is 5.71. The number of nitrogens with zero attached hydrogens (tertiary/aromatic N) is 2. The van der Waals surface area contributed by atoms with Crippen LogP contribution in [-0.4, -0.2) is 9.55 Å². The number of anilines is 1. The van der Waals surface area contributed by atoms with Crippen molar-refractivity contribution in [2.45, 2.75) is 38.6 Å². The van der Waals surface area contributed by atoms with Crippen LogP contribution in [0.15, 0.2) is 36.7 Å². The molecule has 3 rings (SSSR count). The van der Waals surface area contributed by atoms with Crippen molar-refractivity contribution in [3.8, 4) is 11.4 Å². The lowest BCUT2D eigenvalue weighted by Crippen LogP contribution is -2.17. The van der Waals surface area contributed by atoms with E-state index < -0.39 is 0 Å². The third-order valence-corrected chi connectivity index (χ3v) is 4.14. The first-order chi connectivity index (χ1) is 9.24. The molecule has 0 bridgehead atoms. The zero-order valence-electron chi connectivity index (χ0n) is 11.4. The van der Waals surface area contributed by atoms with E-state index in [4.69, 9.17) is 5.73 Å². The van der Waals surface area contributed by atoms with Crippen molar-refractivity contribution >= 4 is 5.69 Å². The summed E-state index contributed by atoms with van der Waals surface area (Å²) in [4.78, 5) is 4.54. The van der Waals surface area contributed by atoms with E-state index in [0.717, 1.165) is 23.0 Å². The van der Waals surface area contributed by atoms with Gasteiger partial charge in [-0.1, -0.05) is 19.8 Å². The zero-order chi connectivity index (χ0) is 13.2. The minimum atomic E-state index is 0.596. The summed E-state index contributed by atoms with van der Waals surface area (Å²) in [6.45, 7) is 2.35. The Hall–Kier alpha value is -1.77. The van der Waals surface area contributed by atoms with Crippen LogP contribution in [-0.2, 0) is 0 Å². The molecule has 0 amide bonds. The Labute approximate surface area is 114 Å². The van der Waals surface area contributed by atoms with Gasteiger partial charge in [-0.3, -0.25) is 0 Å². The van der Waals surface area contributed by atoms with E-state index in [1.54, 1.807) is 0 Å². The summed E-state index contributed by atoms with van der Waals surface area (Å²) in [7, 11) is 0. The molecule has 0 radical (unpaired) electrons. The summed E-state index contributed by atoms with van der Waals surface area (Å²) in [5, 5.41) is 0. The van der Waals surface area contributed by atoms with Crippen LogP contribution in [0.4, 0.5) is 5.69 Å². The van der Waals surface area contributed by atoms with Gasteiger partial charge in [-0.25, -0.2) is 4.98 Å². The first kappa shape index (κ1) is 12.3. The Kier molecular flexibility index (Phi) is 3.28. The highest BCUT2D eigenvalue weighted by Crippen LogP contribution is 2.34. The Bertz CT molecular complexity index is 541. The molecule has 0 spiro atoms. The van der Waals surface area contributed by atoms with Crippen LogP contribution in [0.1, 0.15) is 38.6 Å². The molecule has 2 aromatic rings. The van der Waals surface area contributed by atoms with Crippen LogP contribution in [0, 0.1) is 5.92 Å². The molecule has 1 aliphatic rings. The average Bonchev–Trinajstić information content (AvgIpc) is 2.89. The van der Waals surface area contributed by atoms with Gasteiger partial charge in [-0.2, -0.15) is 0 Å². The molecule has 1 aromatic carbocycles. The average molecular weight is 255 g/mol. The molecule has 0 aliphatic heterocycles. The van der Waals surface area contributed by atoms with Crippen molar-refractivity contribution in [3.63, 3.8) is 0 Å². The lowest BCUT2D eigenvalue weighted by atomic mass is 9.87. The van der Waals surface area contributed by atoms with Crippen molar-refractivity contribution in [1.82, 2.24) is 9.55 Å². The van der Waals surface area contributed by atoms with Crippen molar-refractivity contribution in [3.05, 3.63) is 36.7 Å². The summed E-state index contributed by atoms with van der Waals surface area (Å²) < 4.78 is 2.35. The second kappa shape index (κ2) is 5.08. The number of nitrogens with two attached hydrogens (primary N) is 1. The summed E-state index contributed by atoms with van der Waals surface area (Å²) in [6.07, 6.45) is 9.24. The molecule has 1 saturated carbocycles. The molecular weight excluding hydrogens is 234 g/mol. The molecule has 0 saturated heterocycles. The summed E-state index contributed by atoms with van der Waals surface area (Å²) in [6, 6.07) is 8.59. The molecular formula is C16H21N3. The van der Waals surface area contributed by atoms with Crippen molar-refractivity contribution in [2.75, 3.05) is 5.73 Å². The van der Waals surface area contributed by atoms with Gasteiger partial charge in [0.2, 0.25) is 0 Å². The molecule has 3 heteroatoms. The largest absolute Gasteiger partial charge is 0.399 e. The maximum Gasteiger partial charge on any atom is 0.140 e. The minimum absolute atomic E-state index is 0.596. The van der Waals surface area contributed by atoms with Gasteiger partial charge in [0.1, 0.15) is 5.82 Å². The summed E-state index contributed by atoms with van der Waals surface area (Å²) in [5.41, 5.74) is 7.70. The summed E-state index contributed by atoms with van der Waals surface area (Å²) in [5.74, 6) is 1.89. The molecule has 1 fully saturated rings. The molecule has 1 aromatic heterocycles. The number of aromatic nitrogens is 2. The van der Waals surface area contributed by atoms with Gasteiger partial charge in [0.25, 0.3) is 0 Å². The predicted octanol–water partition coefficient (Wildman–Crippen LogP) is 3.88. The second-order valence-electron chi connectivity index (χ2n) is 5.71. The predicted molar refractivity (Wildman–Crippen MR) is 78.7 cm³/mol. The number of nitrogen functional groups attached to an aromatic ring is 1. The number of rotatable bonds is 2. The molecule has 1 aliphatic carbocycles. The lowest BCUT2D eigenvalue weighted by molar-refractivity contribution is 0.284. The molecule has 2 N–H and O–H groups in total. The fourth-order valence-electron chi connectivity index (χ4n) is 3.12. The van der Waals surface area contributed by atoms with E-state index in [2.05, 4.69) is 34.8 Å². The minimum Gasteiger partial charge on any atom is -0.399 e. The topological polar surface area (TPSA) is 43.8 Å². The van der Waals surface area contributed by atoms with E-state index in [0.29, 0.717) is 6.04 Å². The Morgan fingerprint density at radius 3 is 2.74 bits per heavy atom. The summed E-state index contributed by atoms with van der Waals surface area (Å²) >= 11 is 0. The molecule has 100 valence electrons. The Morgan fingerprint density at radius 1 is 1.21 bits per heavy atom. The first-order valence-corrected chi connectivity index (χ1v) is 7.13. The van der Waals surface area contributed by atoms with Crippen LogP contribution in [0.2, 0.25) is 0 Å². The quantitative estimate of drug-likeness (QED) is 0.827. The van der Waals surface area contributed by atoms with Crippen LogP contribution in [0.25, 0.3) is 11.4 Å². The van der Waals surface area contributed by atoms with Gasteiger partial charge in [0, 0.05) is 29.7 Å². The standard InChI is InChI=1S/C16H21N3/c1-12-3-2-4-15(11-12)19-10-9-18-16(19)13-5-7-14(17)8-6-13/h5-10,12,15H,2-4,11,17H2,1H3. The van der Waals surface area contributed by atoms with E-state index in [1.807, 2.05) is 18.3 Å². The normalized spacial score (nSPS) is 23.4. The highest BCUT2D eigenvalue weighted by atomic mass is 15.1. The van der Waals surface area contributed by atoms with E-state index in [1.165, 1.54) is 25.7 Å². The van der Waals surface area contributed by atoms with E-state index in [9.17, 15) is 0 Å². The van der Waals surface area contributed by atoms with Crippen LogP contribution in [0.3, 0.4) is 0 Å². The monoisotopic (exact) mass is 255 g/mol. The van der Waals surface area contributed by atoms with Crippen molar-refractivity contribution < 1.29 is 0 Å². The molecule has 2 unspecified atom stereocenters. The van der Waals surface area contributed by atoms with Gasteiger partial charge < -0.3 is 10.3 Å². The van der Waals surface area contributed by atoms with Crippen LogP contribution < -0.4 is 5.73 Å². The van der Waals surface area contributed by atoms with Gasteiger partial charge in [0.15, 0.2) is 0 Å². The highest BCUT2D eigenvalue weighted by Gasteiger charge is 2.22. The van der Waals surface area contributed by atoms with E-state index in [-0.39, 0.29) is 0 Å². The fourth-order valence-corrected chi connectivity index (χ4v) is 3.12. The van der Waals surface area contributed by atoms with Gasteiger partial charge in [0.05, 0.1) is 0 Å². The third kappa shape index (κ3) is 2.50. The lowest BCUT2D eigenvalue weighted by Gasteiger charge is -2.29. The van der Waals surface area contributed by atoms with Gasteiger partial charge in [-0.15, -0.1) is 0 Å². The zero-order valence-corrected chi connectivity index (χ0v) is 11.4. The number of imidazole rings is 1. The fraction of sp³-hybridized carbons (Fsp3) is 0.438. The van der Waals surface area contributed by atoms with Gasteiger partial charge in [-0.05, 0) is 43.0 Å². The van der Waals surface area contributed by atoms with Crippen molar-refractivity contribution in [1.29, 1.82) is 0 Å².